The van der Waals surface area contributed by atoms with Gasteiger partial charge in [0, 0.05) is 11.1 Å². The molecular weight excluding hydrogens is 452 g/mol. The Bertz CT molecular complexity index is 1410. The molecule has 2 N–H and O–H groups in total. The first-order valence-electron chi connectivity index (χ1n) is 10.3. The van der Waals surface area contributed by atoms with Gasteiger partial charge in [-0.05, 0) is 12.5 Å². The lowest BCUT2D eigenvalue weighted by atomic mass is 9.95. The predicted molar refractivity (Wildman–Crippen MR) is 131 cm³/mol. The Morgan fingerprint density at radius 2 is 1.74 bits per heavy atom. The average Bonchev–Trinajstić information content (AvgIpc) is 3.23. The molecule has 0 aliphatic carbocycles. The molecular formula is C25H20N4O4S. The average molecular weight is 473 g/mol. The van der Waals surface area contributed by atoms with Crippen molar-refractivity contribution in [2.75, 3.05) is 11.9 Å². The minimum absolute atomic E-state index is 0.0625. The van der Waals surface area contributed by atoms with E-state index in [1.54, 1.807) is 19.1 Å². The van der Waals surface area contributed by atoms with Crippen LogP contribution in [0.1, 0.15) is 25.7 Å². The summed E-state index contributed by atoms with van der Waals surface area (Å²) in [5, 5.41) is 9.50. The van der Waals surface area contributed by atoms with Gasteiger partial charge >= 0.3 is 5.97 Å². The van der Waals surface area contributed by atoms with Crippen LogP contribution in [0.25, 0.3) is 22.4 Å². The number of aromatic amines is 1. The summed E-state index contributed by atoms with van der Waals surface area (Å²) in [6.07, 6.45) is 1.46. The second kappa shape index (κ2) is 10.1. The number of aryl methyl sites for hydroxylation is 1. The molecule has 0 aliphatic heterocycles. The Kier molecular flexibility index (Phi) is 6.74. The minimum Gasteiger partial charge on any atom is -0.457 e. The Labute approximate surface area is 199 Å². The van der Waals surface area contributed by atoms with Crippen LogP contribution in [0.3, 0.4) is 0 Å². The number of H-pyrrole nitrogens is 1. The summed E-state index contributed by atoms with van der Waals surface area (Å²) in [5.41, 5.74) is 1.91. The van der Waals surface area contributed by atoms with Crippen LogP contribution in [-0.2, 0) is 4.74 Å². The van der Waals surface area contributed by atoms with E-state index in [-0.39, 0.29) is 22.2 Å². The van der Waals surface area contributed by atoms with Gasteiger partial charge in [0.25, 0.3) is 11.5 Å². The van der Waals surface area contributed by atoms with Crippen LogP contribution in [0, 0.1) is 6.92 Å². The van der Waals surface area contributed by atoms with Crippen molar-refractivity contribution in [3.8, 4) is 22.4 Å². The van der Waals surface area contributed by atoms with Gasteiger partial charge in [0.1, 0.15) is 17.0 Å². The van der Waals surface area contributed by atoms with Crippen molar-refractivity contribution in [1.29, 1.82) is 0 Å². The molecule has 2 heterocycles. The number of aromatic nitrogens is 3. The third-order valence-corrected chi connectivity index (χ3v) is 5.91. The quantitative estimate of drug-likeness (QED) is 0.303. The monoisotopic (exact) mass is 472 g/mol. The van der Waals surface area contributed by atoms with Crippen molar-refractivity contribution in [2.45, 2.75) is 6.92 Å². The molecule has 0 atom stereocenters. The summed E-state index contributed by atoms with van der Waals surface area (Å²) in [7, 11) is 0. The molecule has 0 aliphatic rings. The van der Waals surface area contributed by atoms with E-state index >= 15 is 0 Å². The number of thiazole rings is 1. The number of anilines is 1. The molecule has 34 heavy (non-hydrogen) atoms. The molecule has 0 spiro atoms. The SMILES string of the molecule is C=CCOC(=O)c1sc(NC(=O)c2c(-c3ccccc3)c(-c3ccccc3)n[nH]c2=O)nc1C. The molecule has 0 fully saturated rings. The molecule has 0 bridgehead atoms. The highest BCUT2D eigenvalue weighted by Crippen LogP contribution is 2.32. The van der Waals surface area contributed by atoms with Crippen molar-refractivity contribution in [2.24, 2.45) is 0 Å². The van der Waals surface area contributed by atoms with Gasteiger partial charge in [0.15, 0.2) is 5.13 Å². The molecule has 170 valence electrons. The number of rotatable bonds is 7. The lowest BCUT2D eigenvalue weighted by Crippen LogP contribution is -2.26. The third-order valence-electron chi connectivity index (χ3n) is 4.85. The number of esters is 1. The number of hydrogen-bond acceptors (Lipinski definition) is 7. The van der Waals surface area contributed by atoms with Crippen LogP contribution < -0.4 is 10.9 Å². The number of hydrogen-bond donors (Lipinski definition) is 2. The maximum absolute atomic E-state index is 13.4. The number of benzene rings is 2. The fourth-order valence-corrected chi connectivity index (χ4v) is 4.21. The van der Waals surface area contributed by atoms with Gasteiger partial charge in [-0.3, -0.25) is 14.9 Å². The molecule has 4 aromatic rings. The standard InChI is InChI=1S/C25H20N4O4S/c1-3-14-33-24(32)21-15(2)26-25(34-21)27-22(30)19-18(16-10-6-4-7-11-16)20(28-29-23(19)31)17-12-8-5-9-13-17/h3-13H,1,14H2,2H3,(H,29,31)(H,26,27,30). The van der Waals surface area contributed by atoms with Crippen molar-refractivity contribution in [1.82, 2.24) is 15.2 Å². The van der Waals surface area contributed by atoms with Crippen molar-refractivity contribution >= 4 is 28.3 Å². The molecule has 8 nitrogen and oxygen atoms in total. The van der Waals surface area contributed by atoms with Crippen molar-refractivity contribution < 1.29 is 14.3 Å². The van der Waals surface area contributed by atoms with Crippen molar-refractivity contribution in [3.63, 3.8) is 0 Å². The van der Waals surface area contributed by atoms with E-state index in [9.17, 15) is 14.4 Å². The van der Waals surface area contributed by atoms with E-state index in [0.717, 1.165) is 16.9 Å². The number of nitrogens with one attached hydrogen (secondary N) is 2. The fraction of sp³-hybridized carbons (Fsp3) is 0.0800. The Hall–Kier alpha value is -4.37. The molecule has 0 unspecified atom stereocenters. The summed E-state index contributed by atoms with van der Waals surface area (Å²) in [6.45, 7) is 5.21. The van der Waals surface area contributed by atoms with Gasteiger partial charge in [0.2, 0.25) is 0 Å². The summed E-state index contributed by atoms with van der Waals surface area (Å²) in [5.74, 6) is -1.23. The highest BCUT2D eigenvalue weighted by atomic mass is 32.1. The van der Waals surface area contributed by atoms with Gasteiger partial charge < -0.3 is 4.74 Å². The first kappa shape index (κ1) is 22.8. The molecule has 0 saturated carbocycles. The first-order chi connectivity index (χ1) is 16.5. The van der Waals surface area contributed by atoms with E-state index in [2.05, 4.69) is 27.1 Å². The van der Waals surface area contributed by atoms with E-state index in [1.807, 2.05) is 48.5 Å². The molecule has 4 rings (SSSR count). The molecule has 1 amide bonds. The Morgan fingerprint density at radius 1 is 1.09 bits per heavy atom. The first-order valence-corrected chi connectivity index (χ1v) is 11.1. The summed E-state index contributed by atoms with van der Waals surface area (Å²) < 4.78 is 5.06. The lowest BCUT2D eigenvalue weighted by Gasteiger charge is -2.13. The maximum atomic E-state index is 13.4. The van der Waals surface area contributed by atoms with E-state index in [0.29, 0.717) is 22.5 Å². The second-order valence-electron chi connectivity index (χ2n) is 7.16. The maximum Gasteiger partial charge on any atom is 0.350 e. The molecule has 0 radical (unpaired) electrons. The Balaban J connectivity index is 1.78. The lowest BCUT2D eigenvalue weighted by molar-refractivity contribution is 0.0554. The van der Waals surface area contributed by atoms with E-state index < -0.39 is 17.4 Å². The van der Waals surface area contributed by atoms with Crippen LogP contribution in [0.5, 0.6) is 0 Å². The van der Waals surface area contributed by atoms with Crippen molar-refractivity contribution in [3.05, 3.63) is 99.8 Å². The van der Waals surface area contributed by atoms with Gasteiger partial charge in [0.05, 0.1) is 11.4 Å². The predicted octanol–water partition coefficient (Wildman–Crippen LogP) is 4.46. The number of carbonyl (C=O) groups excluding carboxylic acids is 2. The van der Waals surface area contributed by atoms with Gasteiger partial charge in [-0.25, -0.2) is 14.9 Å². The number of carbonyl (C=O) groups is 2. The summed E-state index contributed by atoms with van der Waals surface area (Å²) >= 11 is 0.969. The molecule has 0 saturated heterocycles. The zero-order valence-corrected chi connectivity index (χ0v) is 19.0. The molecule has 2 aromatic heterocycles. The summed E-state index contributed by atoms with van der Waals surface area (Å²) in [4.78, 5) is 42.9. The largest absolute Gasteiger partial charge is 0.457 e. The van der Waals surface area contributed by atoms with Crippen LogP contribution >= 0.6 is 11.3 Å². The van der Waals surface area contributed by atoms with Gasteiger partial charge in [-0.15, -0.1) is 0 Å². The zero-order valence-electron chi connectivity index (χ0n) is 18.2. The normalized spacial score (nSPS) is 10.5. The van der Waals surface area contributed by atoms with Crippen LogP contribution in [0.2, 0.25) is 0 Å². The number of amides is 1. The smallest absolute Gasteiger partial charge is 0.350 e. The molecule has 9 heteroatoms. The second-order valence-corrected chi connectivity index (χ2v) is 8.16. The van der Waals surface area contributed by atoms with E-state index in [4.69, 9.17) is 4.74 Å². The van der Waals surface area contributed by atoms with Gasteiger partial charge in [-0.2, -0.15) is 5.10 Å². The number of ether oxygens (including phenoxy) is 1. The van der Waals surface area contributed by atoms with Gasteiger partial charge in [-0.1, -0.05) is 84.7 Å². The third kappa shape index (κ3) is 4.69. The zero-order chi connectivity index (χ0) is 24.1. The van der Waals surface area contributed by atoms with Crippen LogP contribution in [0.15, 0.2) is 78.1 Å². The minimum atomic E-state index is -0.667. The number of nitrogens with zero attached hydrogens (tertiary/aromatic N) is 2. The fourth-order valence-electron chi connectivity index (χ4n) is 3.36. The highest BCUT2D eigenvalue weighted by Gasteiger charge is 2.25. The highest BCUT2D eigenvalue weighted by molar-refractivity contribution is 7.17. The van der Waals surface area contributed by atoms with E-state index in [1.165, 1.54) is 6.08 Å². The molecule has 2 aromatic carbocycles. The van der Waals surface area contributed by atoms with Crippen LogP contribution in [-0.4, -0.2) is 33.7 Å². The topological polar surface area (TPSA) is 114 Å². The van der Waals surface area contributed by atoms with Crippen LogP contribution in [0.4, 0.5) is 5.13 Å². The Morgan fingerprint density at radius 3 is 2.38 bits per heavy atom. The summed E-state index contributed by atoms with van der Waals surface area (Å²) in [6, 6.07) is 18.4.